The van der Waals surface area contributed by atoms with Gasteiger partial charge in [-0.2, -0.15) is 0 Å². The summed E-state index contributed by atoms with van der Waals surface area (Å²) in [5.41, 5.74) is 0.856. The molecule has 0 bridgehead atoms. The van der Waals surface area contributed by atoms with Gasteiger partial charge in [-0.25, -0.2) is 4.79 Å². The molecule has 3 aliphatic heterocycles. The molecule has 3 saturated heterocycles. The number of nitrogens with one attached hydrogen (secondary N) is 1. The lowest BCUT2D eigenvalue weighted by Gasteiger charge is -2.49. The molecule has 0 aliphatic carbocycles. The standard InChI is InChI=1S/C20H27ClN4O3/c1-20-6-7-25(13-17(20)22-18(26)14-28-20)19(27)24-10-8-23(9-11-24)12-15-2-4-16(21)5-3-15/h2-5,17H,6-14H2,1H3,(H,22,26)/t17-,20+/m1/s1. The molecule has 0 saturated carbocycles. The maximum Gasteiger partial charge on any atom is 0.320 e. The summed E-state index contributed by atoms with van der Waals surface area (Å²) in [6.45, 7) is 7.30. The van der Waals surface area contributed by atoms with E-state index in [1.54, 1.807) is 0 Å². The molecule has 4 rings (SSSR count). The third kappa shape index (κ3) is 4.11. The quantitative estimate of drug-likeness (QED) is 0.809. The highest BCUT2D eigenvalue weighted by Gasteiger charge is 2.46. The number of carbonyl (C=O) groups is 2. The van der Waals surface area contributed by atoms with Crippen molar-refractivity contribution in [1.82, 2.24) is 20.0 Å². The molecule has 2 atom stereocenters. The second kappa shape index (κ2) is 7.89. The van der Waals surface area contributed by atoms with E-state index in [1.807, 2.05) is 41.0 Å². The van der Waals surface area contributed by atoms with Crippen LogP contribution in [0.15, 0.2) is 24.3 Å². The molecule has 3 amide bonds. The molecule has 8 heteroatoms. The number of hydrogen-bond donors (Lipinski definition) is 1. The lowest BCUT2D eigenvalue weighted by Crippen LogP contribution is -2.68. The molecule has 3 fully saturated rings. The highest BCUT2D eigenvalue weighted by molar-refractivity contribution is 6.30. The first kappa shape index (κ1) is 19.5. The minimum atomic E-state index is -0.373. The van der Waals surface area contributed by atoms with E-state index in [4.69, 9.17) is 16.3 Å². The first-order chi connectivity index (χ1) is 13.4. The molecule has 0 spiro atoms. The van der Waals surface area contributed by atoms with E-state index in [9.17, 15) is 9.59 Å². The maximum absolute atomic E-state index is 13.0. The van der Waals surface area contributed by atoms with Crippen LogP contribution in [0.1, 0.15) is 18.9 Å². The summed E-state index contributed by atoms with van der Waals surface area (Å²) in [5.74, 6) is -0.104. The zero-order valence-electron chi connectivity index (χ0n) is 16.2. The van der Waals surface area contributed by atoms with Crippen LogP contribution in [-0.4, -0.2) is 84.2 Å². The highest BCUT2D eigenvalue weighted by atomic mass is 35.5. The first-order valence-corrected chi connectivity index (χ1v) is 10.2. The van der Waals surface area contributed by atoms with Gasteiger partial charge in [0.15, 0.2) is 0 Å². The van der Waals surface area contributed by atoms with E-state index in [-0.39, 0.29) is 30.2 Å². The van der Waals surface area contributed by atoms with Gasteiger partial charge in [0.25, 0.3) is 0 Å². The Morgan fingerprint density at radius 3 is 2.61 bits per heavy atom. The average molecular weight is 407 g/mol. The number of ether oxygens (including phenoxy) is 1. The Balaban J connectivity index is 1.29. The van der Waals surface area contributed by atoms with Crippen LogP contribution >= 0.6 is 11.6 Å². The number of morpholine rings is 1. The van der Waals surface area contributed by atoms with Crippen molar-refractivity contribution in [3.05, 3.63) is 34.9 Å². The van der Waals surface area contributed by atoms with E-state index in [1.165, 1.54) is 5.56 Å². The molecule has 1 aromatic rings. The van der Waals surface area contributed by atoms with E-state index in [2.05, 4.69) is 10.2 Å². The monoisotopic (exact) mass is 406 g/mol. The third-order valence-electron chi connectivity index (χ3n) is 6.12. The number of urea groups is 1. The first-order valence-electron chi connectivity index (χ1n) is 9.87. The number of nitrogens with zero attached hydrogens (tertiary/aromatic N) is 3. The topological polar surface area (TPSA) is 65.1 Å². The van der Waals surface area contributed by atoms with Gasteiger partial charge in [0.1, 0.15) is 6.61 Å². The number of fused-ring (bicyclic) bond motifs is 1. The average Bonchev–Trinajstić information content (AvgIpc) is 2.70. The van der Waals surface area contributed by atoms with Gasteiger partial charge in [-0.3, -0.25) is 9.69 Å². The number of hydrogen-bond acceptors (Lipinski definition) is 4. The van der Waals surface area contributed by atoms with E-state index in [0.29, 0.717) is 26.2 Å². The molecule has 152 valence electrons. The second-order valence-corrected chi connectivity index (χ2v) is 8.53. The molecule has 0 unspecified atom stereocenters. The molecule has 7 nitrogen and oxygen atoms in total. The minimum absolute atomic E-state index is 0.0630. The molecule has 1 aromatic carbocycles. The fourth-order valence-corrected chi connectivity index (χ4v) is 4.32. The van der Waals surface area contributed by atoms with Crippen molar-refractivity contribution in [2.75, 3.05) is 45.9 Å². The van der Waals surface area contributed by atoms with Crippen LogP contribution in [0.5, 0.6) is 0 Å². The van der Waals surface area contributed by atoms with Gasteiger partial charge in [-0.1, -0.05) is 23.7 Å². The molecular weight excluding hydrogens is 380 g/mol. The molecular formula is C20H27ClN4O3. The van der Waals surface area contributed by atoms with Gasteiger partial charge < -0.3 is 19.9 Å². The zero-order valence-corrected chi connectivity index (χ0v) is 17.0. The van der Waals surface area contributed by atoms with Gasteiger partial charge in [-0.15, -0.1) is 0 Å². The predicted octanol–water partition coefficient (Wildman–Crippen LogP) is 1.56. The molecule has 3 aliphatic rings. The Kier molecular flexibility index (Phi) is 5.49. The van der Waals surface area contributed by atoms with Crippen molar-refractivity contribution in [3.8, 4) is 0 Å². The lowest BCUT2D eigenvalue weighted by atomic mass is 9.87. The largest absolute Gasteiger partial charge is 0.363 e. The second-order valence-electron chi connectivity index (χ2n) is 8.09. The third-order valence-corrected chi connectivity index (χ3v) is 6.37. The van der Waals surface area contributed by atoms with E-state index >= 15 is 0 Å². The van der Waals surface area contributed by atoms with Gasteiger partial charge in [0, 0.05) is 50.8 Å². The summed E-state index contributed by atoms with van der Waals surface area (Å²) >= 11 is 5.95. The molecule has 1 N–H and O–H groups in total. The van der Waals surface area contributed by atoms with Crippen LogP contribution in [0.3, 0.4) is 0 Å². The van der Waals surface area contributed by atoms with Gasteiger partial charge >= 0.3 is 6.03 Å². The smallest absolute Gasteiger partial charge is 0.320 e. The molecule has 0 radical (unpaired) electrons. The van der Waals surface area contributed by atoms with Crippen molar-refractivity contribution in [1.29, 1.82) is 0 Å². The normalized spacial score (nSPS) is 28.6. The summed E-state index contributed by atoms with van der Waals surface area (Å²) in [6, 6.07) is 7.84. The number of halogens is 1. The predicted molar refractivity (Wildman–Crippen MR) is 106 cm³/mol. The van der Waals surface area contributed by atoms with Crippen LogP contribution in [-0.2, 0) is 16.1 Å². The summed E-state index contributed by atoms with van der Waals surface area (Å²) < 4.78 is 5.75. The van der Waals surface area contributed by atoms with Crippen LogP contribution in [0, 0.1) is 0 Å². The lowest BCUT2D eigenvalue weighted by molar-refractivity contribution is -0.156. The van der Waals surface area contributed by atoms with Crippen molar-refractivity contribution >= 4 is 23.5 Å². The van der Waals surface area contributed by atoms with Crippen molar-refractivity contribution in [2.24, 2.45) is 0 Å². The number of likely N-dealkylation sites (tertiary alicyclic amines) is 1. The SMILES string of the molecule is C[C@]12CCN(C(=O)N3CCN(Cc4ccc(Cl)cc4)CC3)C[C@H]1NC(=O)CO2. The van der Waals surface area contributed by atoms with Gasteiger partial charge in [0.2, 0.25) is 5.91 Å². The van der Waals surface area contributed by atoms with Crippen LogP contribution in [0.25, 0.3) is 0 Å². The van der Waals surface area contributed by atoms with Gasteiger partial charge in [0.05, 0.1) is 11.6 Å². The number of carbonyl (C=O) groups excluding carboxylic acids is 2. The Morgan fingerprint density at radius 2 is 1.89 bits per heavy atom. The number of amides is 3. The number of rotatable bonds is 2. The number of benzene rings is 1. The van der Waals surface area contributed by atoms with E-state index in [0.717, 1.165) is 31.1 Å². The summed E-state index contributed by atoms with van der Waals surface area (Å²) in [4.78, 5) is 30.8. The highest BCUT2D eigenvalue weighted by Crippen LogP contribution is 2.29. The van der Waals surface area contributed by atoms with E-state index < -0.39 is 0 Å². The Morgan fingerprint density at radius 1 is 1.18 bits per heavy atom. The van der Waals surface area contributed by atoms with Crippen molar-refractivity contribution < 1.29 is 14.3 Å². The van der Waals surface area contributed by atoms with Crippen molar-refractivity contribution in [3.63, 3.8) is 0 Å². The maximum atomic E-state index is 13.0. The number of piperazine rings is 1. The fraction of sp³-hybridized carbons (Fsp3) is 0.600. The molecule has 0 aromatic heterocycles. The Labute approximate surface area is 170 Å². The van der Waals surface area contributed by atoms with Crippen LogP contribution in [0.2, 0.25) is 5.02 Å². The summed E-state index contributed by atoms with van der Waals surface area (Å²) in [5, 5.41) is 3.74. The Hall–Kier alpha value is -1.83. The summed E-state index contributed by atoms with van der Waals surface area (Å²) in [7, 11) is 0. The van der Waals surface area contributed by atoms with Crippen LogP contribution in [0.4, 0.5) is 4.79 Å². The van der Waals surface area contributed by atoms with Crippen molar-refractivity contribution in [2.45, 2.75) is 31.5 Å². The summed E-state index contributed by atoms with van der Waals surface area (Å²) in [6.07, 6.45) is 0.736. The number of piperidine rings is 1. The fourth-order valence-electron chi connectivity index (χ4n) is 4.19. The molecule has 3 heterocycles. The van der Waals surface area contributed by atoms with Crippen LogP contribution < -0.4 is 5.32 Å². The zero-order chi connectivity index (χ0) is 19.7. The molecule has 28 heavy (non-hydrogen) atoms. The van der Waals surface area contributed by atoms with Gasteiger partial charge in [-0.05, 0) is 31.0 Å². The Bertz CT molecular complexity index is 735. The minimum Gasteiger partial charge on any atom is -0.363 e.